The van der Waals surface area contributed by atoms with Crippen LogP contribution in [0.25, 0.3) is 0 Å². The van der Waals surface area contributed by atoms with Gasteiger partial charge in [-0.3, -0.25) is 0 Å². The summed E-state index contributed by atoms with van der Waals surface area (Å²) in [7, 11) is 1.74. The van der Waals surface area contributed by atoms with Crippen molar-refractivity contribution in [2.45, 2.75) is 0 Å². The Balaban J connectivity index is 3.21. The van der Waals surface area contributed by atoms with E-state index >= 15 is 0 Å². The van der Waals surface area contributed by atoms with Gasteiger partial charge in [0.1, 0.15) is 5.82 Å². The predicted octanol–water partition coefficient (Wildman–Crippen LogP) is 3.28. The number of nitrogens with one attached hydrogen (secondary N) is 1. The molecule has 0 spiro atoms. The number of hydrogen-bond donors (Lipinski definition) is 1. The number of anilines is 1. The second-order valence-electron chi connectivity index (χ2n) is 2.00. The Bertz CT molecular complexity index is 277. The first kappa shape index (κ1) is 8.81. The molecule has 0 heterocycles. The zero-order valence-electron chi connectivity index (χ0n) is 5.79. The van der Waals surface area contributed by atoms with E-state index in [0.29, 0.717) is 4.47 Å². The van der Waals surface area contributed by atoms with Crippen molar-refractivity contribution in [2.24, 2.45) is 0 Å². The van der Waals surface area contributed by atoms with E-state index in [0.717, 1.165) is 5.69 Å². The van der Waals surface area contributed by atoms with Crippen molar-refractivity contribution in [1.82, 2.24) is 0 Å². The van der Waals surface area contributed by atoms with Gasteiger partial charge < -0.3 is 5.32 Å². The van der Waals surface area contributed by atoms with E-state index in [1.54, 1.807) is 7.05 Å². The van der Waals surface area contributed by atoms with Crippen molar-refractivity contribution in [3.8, 4) is 0 Å². The average molecular weight is 238 g/mol. The highest BCUT2D eigenvalue weighted by atomic mass is 79.9. The van der Waals surface area contributed by atoms with Crippen LogP contribution in [-0.2, 0) is 0 Å². The van der Waals surface area contributed by atoms with Gasteiger partial charge >= 0.3 is 0 Å². The first-order valence-corrected chi connectivity index (χ1v) is 4.14. The topological polar surface area (TPSA) is 12.0 Å². The molecule has 1 N–H and O–H groups in total. The van der Waals surface area contributed by atoms with Crippen molar-refractivity contribution in [3.63, 3.8) is 0 Å². The second kappa shape index (κ2) is 3.41. The van der Waals surface area contributed by atoms with Crippen LogP contribution in [-0.4, -0.2) is 7.05 Å². The second-order valence-corrected chi connectivity index (χ2v) is 3.26. The highest BCUT2D eigenvalue weighted by molar-refractivity contribution is 9.10. The number of halogens is 3. The number of benzene rings is 1. The summed E-state index contributed by atoms with van der Waals surface area (Å²) in [5, 5.41) is 2.99. The minimum atomic E-state index is -0.419. The highest BCUT2D eigenvalue weighted by Gasteiger charge is 2.04. The van der Waals surface area contributed by atoms with Crippen LogP contribution in [0.2, 0.25) is 5.02 Å². The molecule has 1 rings (SSSR count). The predicted molar refractivity (Wildman–Crippen MR) is 48.7 cm³/mol. The largest absolute Gasteiger partial charge is 0.387 e. The molecule has 0 radical (unpaired) electrons. The van der Waals surface area contributed by atoms with Gasteiger partial charge in [-0.2, -0.15) is 0 Å². The summed E-state index contributed by atoms with van der Waals surface area (Å²) in [6.45, 7) is 0. The van der Waals surface area contributed by atoms with E-state index in [1.807, 2.05) is 0 Å². The molecular weight excluding hydrogens is 232 g/mol. The Hall–Kier alpha value is -0.280. The van der Waals surface area contributed by atoms with Crippen LogP contribution in [0.3, 0.4) is 0 Å². The summed E-state index contributed by atoms with van der Waals surface area (Å²) >= 11 is 8.71. The van der Waals surface area contributed by atoms with E-state index in [-0.39, 0.29) is 5.02 Å². The Kier molecular flexibility index (Phi) is 2.73. The minimum absolute atomic E-state index is 0.123. The Morgan fingerprint density at radius 1 is 1.55 bits per heavy atom. The molecule has 1 nitrogen and oxygen atoms in total. The molecule has 0 aliphatic heterocycles. The van der Waals surface area contributed by atoms with Crippen molar-refractivity contribution >= 4 is 33.2 Å². The van der Waals surface area contributed by atoms with E-state index in [1.165, 1.54) is 12.1 Å². The van der Waals surface area contributed by atoms with Crippen molar-refractivity contribution in [1.29, 1.82) is 0 Å². The van der Waals surface area contributed by atoms with Crippen LogP contribution in [0.4, 0.5) is 10.1 Å². The Labute approximate surface area is 77.7 Å². The van der Waals surface area contributed by atoms with Crippen LogP contribution in [0.5, 0.6) is 0 Å². The molecule has 0 aromatic heterocycles. The first-order valence-electron chi connectivity index (χ1n) is 2.97. The molecule has 0 amide bonds. The molecule has 0 saturated heterocycles. The molecule has 0 unspecified atom stereocenters. The average Bonchev–Trinajstić information content (AvgIpc) is 1.97. The van der Waals surface area contributed by atoms with Crippen LogP contribution < -0.4 is 5.32 Å². The summed E-state index contributed by atoms with van der Waals surface area (Å²) in [5.74, 6) is -0.419. The van der Waals surface area contributed by atoms with Gasteiger partial charge in [0, 0.05) is 17.2 Å². The standard InChI is InChI=1S/C7H6BrClFN/c1-11-7-3-5(9)6(10)2-4(7)8/h2-3,11H,1H3. The lowest BCUT2D eigenvalue weighted by atomic mass is 10.3. The summed E-state index contributed by atoms with van der Waals surface area (Å²) in [6, 6.07) is 2.86. The van der Waals surface area contributed by atoms with Crippen molar-refractivity contribution in [2.75, 3.05) is 12.4 Å². The first-order chi connectivity index (χ1) is 5.15. The molecule has 0 bridgehead atoms. The highest BCUT2D eigenvalue weighted by Crippen LogP contribution is 2.27. The van der Waals surface area contributed by atoms with Gasteiger partial charge in [-0.15, -0.1) is 0 Å². The lowest BCUT2D eigenvalue weighted by Gasteiger charge is -2.03. The van der Waals surface area contributed by atoms with E-state index in [4.69, 9.17) is 11.6 Å². The third-order valence-electron chi connectivity index (χ3n) is 1.28. The lowest BCUT2D eigenvalue weighted by molar-refractivity contribution is 0.627. The molecule has 0 fully saturated rings. The zero-order valence-corrected chi connectivity index (χ0v) is 8.13. The summed E-state index contributed by atoms with van der Waals surface area (Å²) in [4.78, 5) is 0. The normalized spacial score (nSPS) is 9.82. The van der Waals surface area contributed by atoms with E-state index in [2.05, 4.69) is 21.2 Å². The molecular formula is C7H6BrClFN. The third-order valence-corrected chi connectivity index (χ3v) is 2.23. The van der Waals surface area contributed by atoms with E-state index < -0.39 is 5.82 Å². The van der Waals surface area contributed by atoms with Crippen molar-refractivity contribution in [3.05, 3.63) is 27.4 Å². The third kappa shape index (κ3) is 1.84. The number of rotatable bonds is 1. The summed E-state index contributed by atoms with van der Waals surface area (Å²) in [6.07, 6.45) is 0. The monoisotopic (exact) mass is 237 g/mol. The fourth-order valence-corrected chi connectivity index (χ4v) is 1.39. The molecule has 0 saturated carbocycles. The van der Waals surface area contributed by atoms with Gasteiger partial charge in [0.15, 0.2) is 0 Å². The van der Waals surface area contributed by atoms with Gasteiger partial charge in [0.25, 0.3) is 0 Å². The van der Waals surface area contributed by atoms with Gasteiger partial charge in [0.2, 0.25) is 0 Å². The molecule has 4 heteroatoms. The van der Waals surface area contributed by atoms with E-state index in [9.17, 15) is 4.39 Å². The molecule has 0 aliphatic carbocycles. The van der Waals surface area contributed by atoms with Gasteiger partial charge in [0.05, 0.1) is 5.02 Å². The van der Waals surface area contributed by atoms with Crippen LogP contribution in [0.15, 0.2) is 16.6 Å². The van der Waals surface area contributed by atoms with Gasteiger partial charge in [-0.05, 0) is 28.1 Å². The fourth-order valence-electron chi connectivity index (χ4n) is 0.714. The zero-order chi connectivity index (χ0) is 8.43. The molecule has 0 aliphatic rings. The van der Waals surface area contributed by atoms with Crippen LogP contribution in [0, 0.1) is 5.82 Å². The summed E-state index contributed by atoms with van der Waals surface area (Å²) in [5.41, 5.74) is 0.774. The van der Waals surface area contributed by atoms with Gasteiger partial charge in [-0.1, -0.05) is 11.6 Å². The Morgan fingerprint density at radius 3 is 2.73 bits per heavy atom. The van der Waals surface area contributed by atoms with Gasteiger partial charge in [-0.25, -0.2) is 4.39 Å². The molecule has 1 aromatic rings. The molecule has 1 aromatic carbocycles. The summed E-state index contributed by atoms with van der Waals surface area (Å²) < 4.78 is 13.4. The molecule has 60 valence electrons. The lowest BCUT2D eigenvalue weighted by Crippen LogP contribution is -1.90. The van der Waals surface area contributed by atoms with Crippen molar-refractivity contribution < 1.29 is 4.39 Å². The Morgan fingerprint density at radius 2 is 2.18 bits per heavy atom. The minimum Gasteiger partial charge on any atom is -0.387 e. The molecule has 0 atom stereocenters. The maximum absolute atomic E-state index is 12.7. The quantitative estimate of drug-likeness (QED) is 0.741. The van der Waals surface area contributed by atoms with Crippen LogP contribution >= 0.6 is 27.5 Å². The van der Waals surface area contributed by atoms with Crippen LogP contribution in [0.1, 0.15) is 0 Å². The maximum atomic E-state index is 12.7. The fraction of sp³-hybridized carbons (Fsp3) is 0.143. The SMILES string of the molecule is CNc1cc(Cl)c(F)cc1Br. The maximum Gasteiger partial charge on any atom is 0.143 e. The number of hydrogen-bond acceptors (Lipinski definition) is 1. The molecule has 11 heavy (non-hydrogen) atoms. The smallest absolute Gasteiger partial charge is 0.143 e.